The number of nitrogens with one attached hydrogen (secondary N) is 1. The molecule has 0 saturated heterocycles. The van der Waals surface area contributed by atoms with Crippen LogP contribution in [-0.2, 0) is 30.4 Å². The predicted molar refractivity (Wildman–Crippen MR) is 114 cm³/mol. The van der Waals surface area contributed by atoms with Crippen molar-refractivity contribution in [3.8, 4) is 0 Å². The zero-order chi connectivity index (χ0) is 22.6. The van der Waals surface area contributed by atoms with Gasteiger partial charge in [0.05, 0.1) is 10.9 Å². The monoisotopic (exact) mass is 461 g/mol. The maximum Gasteiger partial charge on any atom is 0.416 e. The van der Waals surface area contributed by atoms with Gasteiger partial charge in [-0.1, -0.05) is 6.92 Å². The van der Waals surface area contributed by atoms with Crippen molar-refractivity contribution in [2.75, 3.05) is 5.32 Å². The number of hydrogen-bond donors (Lipinski definition) is 1. The predicted octanol–water partition coefficient (Wildman–Crippen LogP) is 3.89. The SMILES string of the molecule is C[C@@H]1CCc2c(sc3ncn4c(=O)n(CC(=O)Nc5ccc(C(F)(F)F)cc5)nc4c23)C1. The van der Waals surface area contributed by atoms with E-state index in [1.807, 2.05) is 0 Å². The Kier molecular flexibility index (Phi) is 4.81. The Hall–Kier alpha value is -3.21. The van der Waals surface area contributed by atoms with Crippen molar-refractivity contribution < 1.29 is 18.0 Å². The number of thiophene rings is 1. The fourth-order valence-electron chi connectivity index (χ4n) is 4.04. The largest absolute Gasteiger partial charge is 0.416 e. The Morgan fingerprint density at radius 1 is 1.28 bits per heavy atom. The molecule has 0 aliphatic heterocycles. The first kappa shape index (κ1) is 20.7. The third-order valence-corrected chi connectivity index (χ3v) is 6.83. The van der Waals surface area contributed by atoms with Gasteiger partial charge in [0.15, 0.2) is 5.65 Å². The Labute approximate surface area is 183 Å². The fourth-order valence-corrected chi connectivity index (χ4v) is 5.39. The van der Waals surface area contributed by atoms with E-state index in [4.69, 9.17) is 0 Å². The van der Waals surface area contributed by atoms with E-state index in [0.717, 1.165) is 46.3 Å². The van der Waals surface area contributed by atoms with Crippen LogP contribution in [0.15, 0.2) is 35.4 Å². The molecule has 1 amide bonds. The molecule has 32 heavy (non-hydrogen) atoms. The Balaban J connectivity index is 1.43. The van der Waals surface area contributed by atoms with Gasteiger partial charge in [-0.25, -0.2) is 18.9 Å². The average molecular weight is 461 g/mol. The summed E-state index contributed by atoms with van der Waals surface area (Å²) in [6.07, 6.45) is -0.107. The van der Waals surface area contributed by atoms with Crippen LogP contribution in [0.1, 0.15) is 29.3 Å². The molecule has 11 heteroatoms. The van der Waals surface area contributed by atoms with Gasteiger partial charge in [-0.05, 0) is 55.0 Å². The summed E-state index contributed by atoms with van der Waals surface area (Å²) in [6, 6.07) is 4.10. The van der Waals surface area contributed by atoms with Crippen molar-refractivity contribution in [2.45, 2.75) is 38.9 Å². The zero-order valence-corrected chi connectivity index (χ0v) is 17.8. The minimum atomic E-state index is -4.45. The molecule has 1 atom stereocenters. The number of fused-ring (bicyclic) bond motifs is 5. The molecule has 0 bridgehead atoms. The van der Waals surface area contributed by atoms with Crippen LogP contribution in [0.4, 0.5) is 18.9 Å². The summed E-state index contributed by atoms with van der Waals surface area (Å²) >= 11 is 1.62. The Bertz CT molecular complexity index is 1400. The van der Waals surface area contributed by atoms with Gasteiger partial charge in [0.1, 0.15) is 17.7 Å². The average Bonchev–Trinajstić information content (AvgIpc) is 3.24. The number of aromatic nitrogens is 4. The number of halogens is 3. The molecular weight excluding hydrogens is 443 g/mol. The molecule has 0 unspecified atom stereocenters. The second-order valence-electron chi connectivity index (χ2n) is 8.03. The quantitative estimate of drug-likeness (QED) is 0.502. The van der Waals surface area contributed by atoms with E-state index in [0.29, 0.717) is 11.6 Å². The summed E-state index contributed by atoms with van der Waals surface area (Å²) in [5.41, 5.74) is 0.532. The van der Waals surface area contributed by atoms with Gasteiger partial charge < -0.3 is 5.32 Å². The van der Waals surface area contributed by atoms with Crippen molar-refractivity contribution in [1.29, 1.82) is 0 Å². The highest BCUT2D eigenvalue weighted by Gasteiger charge is 2.30. The first-order valence-electron chi connectivity index (χ1n) is 10.1. The van der Waals surface area contributed by atoms with Crippen LogP contribution in [0, 0.1) is 5.92 Å². The minimum Gasteiger partial charge on any atom is -0.324 e. The number of benzene rings is 1. The first-order valence-corrected chi connectivity index (χ1v) is 10.9. The number of amides is 1. The molecule has 4 aromatic rings. The lowest BCUT2D eigenvalue weighted by Crippen LogP contribution is -2.28. The maximum atomic E-state index is 12.8. The summed E-state index contributed by atoms with van der Waals surface area (Å²) in [6.45, 7) is 1.84. The van der Waals surface area contributed by atoms with Gasteiger partial charge in [-0.15, -0.1) is 16.4 Å². The van der Waals surface area contributed by atoms with Crippen LogP contribution >= 0.6 is 11.3 Å². The molecule has 0 spiro atoms. The summed E-state index contributed by atoms with van der Waals surface area (Å²) in [5, 5.41) is 7.75. The summed E-state index contributed by atoms with van der Waals surface area (Å²) < 4.78 is 40.4. The lowest BCUT2D eigenvalue weighted by atomic mass is 9.89. The molecule has 166 valence electrons. The van der Waals surface area contributed by atoms with Crippen LogP contribution in [0.5, 0.6) is 0 Å². The number of nitrogens with zero attached hydrogens (tertiary/aromatic N) is 4. The number of aryl methyl sites for hydroxylation is 1. The molecule has 7 nitrogen and oxygen atoms in total. The van der Waals surface area contributed by atoms with Crippen molar-refractivity contribution in [3.63, 3.8) is 0 Å². The van der Waals surface area contributed by atoms with Gasteiger partial charge in [0.2, 0.25) is 5.91 Å². The summed E-state index contributed by atoms with van der Waals surface area (Å²) in [7, 11) is 0. The third-order valence-electron chi connectivity index (χ3n) is 5.67. The number of rotatable bonds is 3. The van der Waals surface area contributed by atoms with Crippen LogP contribution in [-0.4, -0.2) is 25.1 Å². The maximum absolute atomic E-state index is 12.8. The molecule has 0 fully saturated rings. The number of hydrogen-bond acceptors (Lipinski definition) is 5. The molecule has 3 aromatic heterocycles. The van der Waals surface area contributed by atoms with Gasteiger partial charge in [0.25, 0.3) is 0 Å². The van der Waals surface area contributed by atoms with E-state index in [1.165, 1.54) is 33.3 Å². The van der Waals surface area contributed by atoms with E-state index in [1.54, 1.807) is 11.3 Å². The Morgan fingerprint density at radius 3 is 2.75 bits per heavy atom. The van der Waals surface area contributed by atoms with E-state index < -0.39 is 23.3 Å². The molecule has 1 aliphatic rings. The van der Waals surface area contributed by atoms with E-state index in [2.05, 4.69) is 22.3 Å². The second-order valence-corrected chi connectivity index (χ2v) is 9.12. The molecule has 1 aromatic carbocycles. The van der Waals surface area contributed by atoms with Crippen molar-refractivity contribution in [1.82, 2.24) is 19.2 Å². The summed E-state index contributed by atoms with van der Waals surface area (Å²) in [5.74, 6) is 0.0286. The highest BCUT2D eigenvalue weighted by Crippen LogP contribution is 2.38. The minimum absolute atomic E-state index is 0.199. The van der Waals surface area contributed by atoms with Crippen LogP contribution in [0.2, 0.25) is 0 Å². The highest BCUT2D eigenvalue weighted by atomic mass is 32.1. The molecule has 0 radical (unpaired) electrons. The number of anilines is 1. The molecule has 5 rings (SSSR count). The second kappa shape index (κ2) is 7.44. The van der Waals surface area contributed by atoms with Crippen LogP contribution in [0.3, 0.4) is 0 Å². The number of carbonyl (C=O) groups excluding carboxylic acids is 1. The lowest BCUT2D eigenvalue weighted by molar-refractivity contribution is -0.137. The smallest absolute Gasteiger partial charge is 0.324 e. The standard InChI is InChI=1S/C21H18F3N5O2S/c1-11-2-7-14-15(8-11)32-19-17(14)18-27-29(20(31)28(18)10-25-19)9-16(30)26-13-5-3-12(4-6-13)21(22,23)24/h3-6,10-11H,2,7-9H2,1H3,(H,26,30)/t11-/m1/s1. The van der Waals surface area contributed by atoms with E-state index >= 15 is 0 Å². The van der Waals surface area contributed by atoms with Gasteiger partial charge in [-0.3, -0.25) is 4.79 Å². The summed E-state index contributed by atoms with van der Waals surface area (Å²) in [4.78, 5) is 31.7. The van der Waals surface area contributed by atoms with Crippen molar-refractivity contribution in [2.24, 2.45) is 5.92 Å². The van der Waals surface area contributed by atoms with Crippen molar-refractivity contribution >= 4 is 38.8 Å². The normalized spacial score (nSPS) is 16.4. The topological polar surface area (TPSA) is 81.3 Å². The molecule has 1 N–H and O–H groups in total. The van der Waals surface area contributed by atoms with E-state index in [9.17, 15) is 22.8 Å². The van der Waals surface area contributed by atoms with Gasteiger partial charge >= 0.3 is 11.9 Å². The highest BCUT2D eigenvalue weighted by molar-refractivity contribution is 7.19. The number of alkyl halides is 3. The van der Waals surface area contributed by atoms with Crippen LogP contribution in [0.25, 0.3) is 15.9 Å². The molecule has 1 aliphatic carbocycles. The molecular formula is C21H18F3N5O2S. The lowest BCUT2D eigenvalue weighted by Gasteiger charge is -2.17. The number of carbonyl (C=O) groups is 1. The van der Waals surface area contributed by atoms with E-state index in [-0.39, 0.29) is 12.2 Å². The zero-order valence-electron chi connectivity index (χ0n) is 16.9. The van der Waals surface area contributed by atoms with Gasteiger partial charge in [-0.2, -0.15) is 13.2 Å². The fraction of sp³-hybridized carbons (Fsp3) is 0.333. The van der Waals surface area contributed by atoms with Crippen molar-refractivity contribution in [3.05, 3.63) is 57.1 Å². The molecule has 0 saturated carbocycles. The Morgan fingerprint density at radius 2 is 2.03 bits per heavy atom. The third kappa shape index (κ3) is 3.56. The van der Waals surface area contributed by atoms with Gasteiger partial charge in [0, 0.05) is 10.6 Å². The molecule has 3 heterocycles. The van der Waals surface area contributed by atoms with Crippen LogP contribution < -0.4 is 11.0 Å². The first-order chi connectivity index (χ1) is 15.2.